The Kier molecular flexibility index (Phi) is 4.56. The van der Waals surface area contributed by atoms with E-state index in [4.69, 9.17) is 5.11 Å². The van der Waals surface area contributed by atoms with Gasteiger partial charge >= 0.3 is 12.1 Å². The number of carbonyl (C=O) groups is 1. The van der Waals surface area contributed by atoms with Gasteiger partial charge in [0.25, 0.3) is 0 Å². The number of carboxylic acid groups (broad SMARTS) is 1. The number of carboxylic acids is 1. The van der Waals surface area contributed by atoms with Gasteiger partial charge in [-0.05, 0) is 49.4 Å². The van der Waals surface area contributed by atoms with Crippen LogP contribution in [0.4, 0.5) is 13.2 Å². The van der Waals surface area contributed by atoms with Crippen LogP contribution >= 0.6 is 0 Å². The molecule has 0 aromatic heterocycles. The summed E-state index contributed by atoms with van der Waals surface area (Å²) in [6, 6.07) is 4.05. The Morgan fingerprint density at radius 1 is 1.43 bits per heavy atom. The van der Waals surface area contributed by atoms with E-state index in [2.05, 4.69) is 5.32 Å². The van der Waals surface area contributed by atoms with E-state index in [-0.39, 0.29) is 23.9 Å². The third kappa shape index (κ3) is 3.97. The van der Waals surface area contributed by atoms with Crippen molar-refractivity contribution in [1.82, 2.24) is 5.32 Å². The van der Waals surface area contributed by atoms with Crippen LogP contribution in [0, 0.1) is 12.8 Å². The van der Waals surface area contributed by atoms with Gasteiger partial charge in [0, 0.05) is 12.5 Å². The molecule has 0 spiro atoms. The molecule has 0 radical (unpaired) electrons. The van der Waals surface area contributed by atoms with E-state index in [1.807, 2.05) is 0 Å². The van der Waals surface area contributed by atoms with Crippen LogP contribution in [0.2, 0.25) is 0 Å². The lowest BCUT2D eigenvalue weighted by molar-refractivity contribution is -0.139. The summed E-state index contributed by atoms with van der Waals surface area (Å²) in [5, 5.41) is 12.1. The van der Waals surface area contributed by atoms with Crippen LogP contribution in [0.25, 0.3) is 0 Å². The summed E-state index contributed by atoms with van der Waals surface area (Å²) in [5.74, 6) is -0.763. The molecule has 116 valence electrons. The molecule has 1 aliphatic heterocycles. The highest BCUT2D eigenvalue weighted by Gasteiger charge is 2.33. The zero-order valence-electron chi connectivity index (χ0n) is 11.7. The Morgan fingerprint density at radius 2 is 2.14 bits per heavy atom. The summed E-state index contributed by atoms with van der Waals surface area (Å²) in [6.45, 7) is 2.13. The van der Waals surface area contributed by atoms with Gasteiger partial charge in [0.2, 0.25) is 0 Å². The van der Waals surface area contributed by atoms with Crippen molar-refractivity contribution < 1.29 is 23.1 Å². The summed E-state index contributed by atoms with van der Waals surface area (Å²) in [5.41, 5.74) is 0.363. The molecule has 2 unspecified atom stereocenters. The fourth-order valence-electron chi connectivity index (χ4n) is 2.90. The first kappa shape index (κ1) is 15.8. The van der Waals surface area contributed by atoms with E-state index in [0.29, 0.717) is 13.0 Å². The zero-order valence-corrected chi connectivity index (χ0v) is 11.7. The molecule has 1 fully saturated rings. The molecule has 21 heavy (non-hydrogen) atoms. The molecule has 2 atom stereocenters. The van der Waals surface area contributed by atoms with Crippen molar-refractivity contribution in [2.45, 2.75) is 38.4 Å². The van der Waals surface area contributed by atoms with Crippen LogP contribution < -0.4 is 5.32 Å². The topological polar surface area (TPSA) is 49.3 Å². The van der Waals surface area contributed by atoms with Gasteiger partial charge in [-0.1, -0.05) is 12.1 Å². The number of aliphatic carboxylic acids is 1. The Morgan fingerprint density at radius 3 is 2.71 bits per heavy atom. The van der Waals surface area contributed by atoms with Crippen LogP contribution in [-0.4, -0.2) is 17.6 Å². The molecule has 1 aliphatic rings. The number of piperidine rings is 1. The summed E-state index contributed by atoms with van der Waals surface area (Å²) >= 11 is 0. The van der Waals surface area contributed by atoms with Gasteiger partial charge in [-0.3, -0.25) is 4.79 Å². The van der Waals surface area contributed by atoms with Crippen LogP contribution in [0.3, 0.4) is 0 Å². The van der Waals surface area contributed by atoms with E-state index in [1.54, 1.807) is 6.07 Å². The first-order valence-electron chi connectivity index (χ1n) is 6.90. The molecule has 1 heterocycles. The lowest BCUT2D eigenvalue weighted by atomic mass is 9.86. The predicted molar refractivity (Wildman–Crippen MR) is 71.9 cm³/mol. The number of benzene rings is 1. The van der Waals surface area contributed by atoms with E-state index in [1.165, 1.54) is 13.0 Å². The standard InChI is InChI=1S/C15H18F3NO2/c1-9-6-11(2-3-12(9)15(16,17)18)13-7-10(4-5-19-13)8-14(20)21/h2-3,6,10,13,19H,4-5,7-8H2,1H3,(H,20,21). The van der Waals surface area contributed by atoms with Crippen molar-refractivity contribution in [3.05, 3.63) is 34.9 Å². The fraction of sp³-hybridized carbons (Fsp3) is 0.533. The largest absolute Gasteiger partial charge is 0.481 e. The minimum absolute atomic E-state index is 0.0661. The first-order valence-corrected chi connectivity index (χ1v) is 6.90. The van der Waals surface area contributed by atoms with Crippen molar-refractivity contribution >= 4 is 5.97 Å². The monoisotopic (exact) mass is 301 g/mol. The van der Waals surface area contributed by atoms with Gasteiger partial charge in [-0.25, -0.2) is 0 Å². The SMILES string of the molecule is Cc1cc(C2CC(CC(=O)O)CCN2)ccc1C(F)(F)F. The highest BCUT2D eigenvalue weighted by Crippen LogP contribution is 2.35. The third-order valence-corrected chi connectivity index (χ3v) is 3.93. The highest BCUT2D eigenvalue weighted by atomic mass is 19.4. The third-order valence-electron chi connectivity index (χ3n) is 3.93. The van der Waals surface area contributed by atoms with E-state index in [0.717, 1.165) is 18.1 Å². The van der Waals surface area contributed by atoms with Gasteiger partial charge in [-0.15, -0.1) is 0 Å². The van der Waals surface area contributed by atoms with Crippen molar-refractivity contribution in [3.8, 4) is 0 Å². The van der Waals surface area contributed by atoms with Crippen LogP contribution in [0.1, 0.15) is 42.0 Å². The second-order valence-corrected chi connectivity index (χ2v) is 5.57. The Hall–Kier alpha value is -1.56. The van der Waals surface area contributed by atoms with E-state index >= 15 is 0 Å². The van der Waals surface area contributed by atoms with Gasteiger partial charge in [-0.2, -0.15) is 13.2 Å². The molecule has 3 nitrogen and oxygen atoms in total. The maximum Gasteiger partial charge on any atom is 0.416 e. The molecule has 2 rings (SSSR count). The molecule has 0 aliphatic carbocycles. The number of alkyl halides is 3. The first-order chi connectivity index (χ1) is 9.77. The normalized spacial score (nSPS) is 23.0. The smallest absolute Gasteiger partial charge is 0.416 e. The molecule has 2 N–H and O–H groups in total. The van der Waals surface area contributed by atoms with Crippen molar-refractivity contribution in [3.63, 3.8) is 0 Å². The number of hydrogen-bond acceptors (Lipinski definition) is 2. The minimum atomic E-state index is -4.34. The highest BCUT2D eigenvalue weighted by molar-refractivity contribution is 5.67. The second-order valence-electron chi connectivity index (χ2n) is 5.57. The van der Waals surface area contributed by atoms with Gasteiger partial charge in [0.1, 0.15) is 0 Å². The number of halogens is 3. The lowest BCUT2D eigenvalue weighted by Gasteiger charge is -2.30. The van der Waals surface area contributed by atoms with Crippen molar-refractivity contribution in [2.24, 2.45) is 5.92 Å². The van der Waals surface area contributed by atoms with Crippen molar-refractivity contribution in [1.29, 1.82) is 0 Å². The van der Waals surface area contributed by atoms with Gasteiger partial charge in [0.15, 0.2) is 0 Å². The van der Waals surface area contributed by atoms with Crippen LogP contribution in [0.5, 0.6) is 0 Å². The molecular weight excluding hydrogens is 283 g/mol. The Balaban J connectivity index is 2.15. The molecule has 1 aromatic carbocycles. The van der Waals surface area contributed by atoms with Crippen LogP contribution in [-0.2, 0) is 11.0 Å². The maximum atomic E-state index is 12.7. The molecule has 1 aromatic rings. The van der Waals surface area contributed by atoms with Crippen LogP contribution in [0.15, 0.2) is 18.2 Å². The van der Waals surface area contributed by atoms with Gasteiger partial charge in [0.05, 0.1) is 5.56 Å². The van der Waals surface area contributed by atoms with Crippen molar-refractivity contribution in [2.75, 3.05) is 6.54 Å². The second kappa shape index (κ2) is 6.05. The average Bonchev–Trinajstić information content (AvgIpc) is 2.36. The number of nitrogens with one attached hydrogen (secondary N) is 1. The molecule has 0 bridgehead atoms. The summed E-state index contributed by atoms with van der Waals surface area (Å²) in [7, 11) is 0. The maximum absolute atomic E-state index is 12.7. The van der Waals surface area contributed by atoms with E-state index in [9.17, 15) is 18.0 Å². The quantitative estimate of drug-likeness (QED) is 0.898. The summed E-state index contributed by atoms with van der Waals surface area (Å²) in [4.78, 5) is 10.8. The summed E-state index contributed by atoms with van der Waals surface area (Å²) < 4.78 is 38.2. The zero-order chi connectivity index (χ0) is 15.6. The number of hydrogen-bond donors (Lipinski definition) is 2. The molecule has 6 heteroatoms. The molecule has 0 saturated carbocycles. The van der Waals surface area contributed by atoms with E-state index < -0.39 is 17.7 Å². The Bertz CT molecular complexity index is 528. The lowest BCUT2D eigenvalue weighted by Crippen LogP contribution is -2.32. The minimum Gasteiger partial charge on any atom is -0.481 e. The molecular formula is C15H18F3NO2. The Labute approximate surface area is 121 Å². The van der Waals surface area contributed by atoms with Gasteiger partial charge < -0.3 is 10.4 Å². The number of rotatable bonds is 3. The number of aryl methyl sites for hydroxylation is 1. The summed E-state index contributed by atoms with van der Waals surface area (Å²) in [6.07, 6.45) is -2.81. The predicted octanol–water partition coefficient (Wildman–Crippen LogP) is 3.53. The molecule has 0 amide bonds. The molecule has 1 saturated heterocycles. The average molecular weight is 301 g/mol. The fourth-order valence-corrected chi connectivity index (χ4v) is 2.90.